The molecule has 0 heterocycles. The molecule has 0 unspecified atom stereocenters. The number of benzene rings is 1. The van der Waals surface area contributed by atoms with Crippen LogP contribution in [0.5, 0.6) is 0 Å². The molecule has 0 saturated carbocycles. The lowest BCUT2D eigenvalue weighted by Gasteiger charge is -2.26. The molecule has 1 aromatic rings. The van der Waals surface area contributed by atoms with E-state index in [1.165, 1.54) is 4.90 Å². The molecule has 0 bridgehead atoms. The fourth-order valence-electron chi connectivity index (χ4n) is 1.92. The number of nitrogen functional groups attached to an aromatic ring is 1. The summed E-state index contributed by atoms with van der Waals surface area (Å²) in [4.78, 5) is 23.9. The number of hydrogen-bond donors (Lipinski definition) is 1. The van der Waals surface area contributed by atoms with E-state index in [0.29, 0.717) is 12.6 Å². The first-order valence-corrected chi connectivity index (χ1v) is 6.34. The van der Waals surface area contributed by atoms with Crippen molar-refractivity contribution < 1.29 is 14.1 Å². The lowest BCUT2D eigenvalue weighted by atomic mass is 10.1. The molecule has 1 aromatic carbocycles. The molecule has 0 saturated heterocycles. The largest absolute Gasteiger partial charge is 0.393 e. The fourth-order valence-corrected chi connectivity index (χ4v) is 1.92. The standard InChI is InChI=1S/C13H18FN3O3/c1-4-5-16(8(2)3)13(18)10-6-9(14)7-11(12(10)15)17(19)20/h6-8H,4-5,15H2,1-3H3. The zero-order chi connectivity index (χ0) is 15.4. The third kappa shape index (κ3) is 3.23. The minimum absolute atomic E-state index is 0.107. The Labute approximate surface area is 116 Å². The molecule has 0 atom stereocenters. The number of carbonyl (C=O) groups is 1. The van der Waals surface area contributed by atoms with Crippen LogP contribution in [0.25, 0.3) is 0 Å². The summed E-state index contributed by atoms with van der Waals surface area (Å²) in [5.41, 5.74) is 4.57. The van der Waals surface area contributed by atoms with Gasteiger partial charge in [0.25, 0.3) is 11.6 Å². The van der Waals surface area contributed by atoms with Gasteiger partial charge in [-0.15, -0.1) is 0 Å². The van der Waals surface area contributed by atoms with Crippen molar-refractivity contribution >= 4 is 17.3 Å². The van der Waals surface area contributed by atoms with Crippen LogP contribution in [0.1, 0.15) is 37.6 Å². The number of carbonyl (C=O) groups excluding carboxylic acids is 1. The second-order valence-electron chi connectivity index (χ2n) is 4.74. The van der Waals surface area contributed by atoms with E-state index in [4.69, 9.17) is 5.73 Å². The van der Waals surface area contributed by atoms with Gasteiger partial charge < -0.3 is 10.6 Å². The molecule has 0 aliphatic rings. The van der Waals surface area contributed by atoms with E-state index in [9.17, 15) is 19.3 Å². The molecular formula is C13H18FN3O3. The van der Waals surface area contributed by atoms with Gasteiger partial charge in [-0.3, -0.25) is 14.9 Å². The smallest absolute Gasteiger partial charge is 0.295 e. The van der Waals surface area contributed by atoms with Crippen molar-refractivity contribution in [3.05, 3.63) is 33.6 Å². The number of amides is 1. The third-order valence-electron chi connectivity index (χ3n) is 2.90. The molecule has 1 amide bonds. The van der Waals surface area contributed by atoms with E-state index in [2.05, 4.69) is 0 Å². The molecule has 6 nitrogen and oxygen atoms in total. The molecule has 0 radical (unpaired) electrons. The lowest BCUT2D eigenvalue weighted by molar-refractivity contribution is -0.384. The Morgan fingerprint density at radius 1 is 1.50 bits per heavy atom. The van der Waals surface area contributed by atoms with Gasteiger partial charge in [0.2, 0.25) is 0 Å². The summed E-state index contributed by atoms with van der Waals surface area (Å²) in [6.45, 7) is 6.01. The number of hydrogen-bond acceptors (Lipinski definition) is 4. The van der Waals surface area contributed by atoms with Crippen LogP contribution in [0.2, 0.25) is 0 Å². The molecule has 0 aromatic heterocycles. The zero-order valence-electron chi connectivity index (χ0n) is 11.7. The molecule has 110 valence electrons. The summed E-state index contributed by atoms with van der Waals surface area (Å²) in [7, 11) is 0. The van der Waals surface area contributed by atoms with Crippen molar-refractivity contribution in [1.82, 2.24) is 4.90 Å². The summed E-state index contributed by atoms with van der Waals surface area (Å²) in [6.07, 6.45) is 0.723. The highest BCUT2D eigenvalue weighted by atomic mass is 19.1. The van der Waals surface area contributed by atoms with Crippen LogP contribution >= 0.6 is 0 Å². The van der Waals surface area contributed by atoms with Crippen LogP contribution in [0.15, 0.2) is 12.1 Å². The summed E-state index contributed by atoms with van der Waals surface area (Å²) in [6, 6.07) is 1.55. The van der Waals surface area contributed by atoms with Crippen LogP contribution in [-0.2, 0) is 0 Å². The molecular weight excluding hydrogens is 265 g/mol. The molecule has 0 aliphatic heterocycles. The first-order chi connectivity index (χ1) is 9.29. The van der Waals surface area contributed by atoms with E-state index in [-0.39, 0.29) is 17.3 Å². The molecule has 7 heteroatoms. The van der Waals surface area contributed by atoms with E-state index < -0.39 is 22.3 Å². The minimum Gasteiger partial charge on any atom is -0.393 e. The summed E-state index contributed by atoms with van der Waals surface area (Å²) >= 11 is 0. The second kappa shape index (κ2) is 6.31. The zero-order valence-corrected chi connectivity index (χ0v) is 11.7. The van der Waals surface area contributed by atoms with E-state index in [1.54, 1.807) is 0 Å². The first-order valence-electron chi connectivity index (χ1n) is 6.34. The van der Waals surface area contributed by atoms with Crippen molar-refractivity contribution in [3.8, 4) is 0 Å². The maximum Gasteiger partial charge on any atom is 0.295 e. The second-order valence-corrected chi connectivity index (χ2v) is 4.74. The summed E-state index contributed by atoms with van der Waals surface area (Å²) in [5.74, 6) is -1.35. The Balaban J connectivity index is 3.31. The Hall–Kier alpha value is -2.18. The number of rotatable bonds is 5. The van der Waals surface area contributed by atoms with Crippen molar-refractivity contribution in [2.45, 2.75) is 33.2 Å². The topological polar surface area (TPSA) is 89.5 Å². The fraction of sp³-hybridized carbons (Fsp3) is 0.462. The third-order valence-corrected chi connectivity index (χ3v) is 2.90. The normalized spacial score (nSPS) is 10.7. The Morgan fingerprint density at radius 2 is 2.10 bits per heavy atom. The highest BCUT2D eigenvalue weighted by Crippen LogP contribution is 2.28. The van der Waals surface area contributed by atoms with Gasteiger partial charge in [-0.2, -0.15) is 0 Å². The van der Waals surface area contributed by atoms with Gasteiger partial charge in [0, 0.05) is 12.6 Å². The highest BCUT2D eigenvalue weighted by molar-refractivity contribution is 6.01. The number of nitrogens with two attached hydrogens (primary N) is 1. The lowest BCUT2D eigenvalue weighted by Crippen LogP contribution is -2.38. The van der Waals surface area contributed by atoms with Crippen LogP contribution in [-0.4, -0.2) is 28.3 Å². The molecule has 20 heavy (non-hydrogen) atoms. The van der Waals surface area contributed by atoms with E-state index in [1.807, 2.05) is 20.8 Å². The number of anilines is 1. The SMILES string of the molecule is CCCN(C(=O)c1cc(F)cc([N+](=O)[O-])c1N)C(C)C. The predicted octanol–water partition coefficient (Wildman–Crippen LogP) is 2.58. The van der Waals surface area contributed by atoms with Crippen LogP contribution in [0.4, 0.5) is 15.8 Å². The van der Waals surface area contributed by atoms with Crippen LogP contribution in [0.3, 0.4) is 0 Å². The maximum absolute atomic E-state index is 13.4. The van der Waals surface area contributed by atoms with Gasteiger partial charge >= 0.3 is 0 Å². The van der Waals surface area contributed by atoms with Crippen molar-refractivity contribution in [2.24, 2.45) is 0 Å². The maximum atomic E-state index is 13.4. The van der Waals surface area contributed by atoms with E-state index in [0.717, 1.165) is 12.5 Å². The van der Waals surface area contributed by atoms with Gasteiger partial charge in [0.05, 0.1) is 16.6 Å². The van der Waals surface area contributed by atoms with Gasteiger partial charge in [-0.05, 0) is 26.3 Å². The number of nitro benzene ring substituents is 1. The number of halogens is 1. The molecule has 1 rings (SSSR count). The predicted molar refractivity (Wildman–Crippen MR) is 73.9 cm³/mol. The highest BCUT2D eigenvalue weighted by Gasteiger charge is 2.26. The Kier molecular flexibility index (Phi) is 5.01. The van der Waals surface area contributed by atoms with Gasteiger partial charge in [-0.1, -0.05) is 6.92 Å². The van der Waals surface area contributed by atoms with Gasteiger partial charge in [0.15, 0.2) is 0 Å². The van der Waals surface area contributed by atoms with Crippen molar-refractivity contribution in [1.29, 1.82) is 0 Å². The first kappa shape index (κ1) is 15.9. The van der Waals surface area contributed by atoms with Crippen LogP contribution in [0, 0.1) is 15.9 Å². The molecule has 0 spiro atoms. The summed E-state index contributed by atoms with van der Waals surface area (Å²) < 4.78 is 13.4. The van der Waals surface area contributed by atoms with Gasteiger partial charge in [-0.25, -0.2) is 4.39 Å². The van der Waals surface area contributed by atoms with E-state index >= 15 is 0 Å². The molecule has 2 N–H and O–H groups in total. The van der Waals surface area contributed by atoms with Crippen molar-refractivity contribution in [2.75, 3.05) is 12.3 Å². The average Bonchev–Trinajstić information content (AvgIpc) is 2.36. The number of nitrogens with zero attached hydrogens (tertiary/aromatic N) is 2. The Morgan fingerprint density at radius 3 is 2.55 bits per heavy atom. The molecule has 0 aliphatic carbocycles. The van der Waals surface area contributed by atoms with Crippen molar-refractivity contribution in [3.63, 3.8) is 0 Å². The van der Waals surface area contributed by atoms with Crippen LogP contribution < -0.4 is 5.73 Å². The summed E-state index contributed by atoms with van der Waals surface area (Å²) in [5, 5.41) is 10.8. The molecule has 0 fully saturated rings. The number of nitro groups is 1. The average molecular weight is 283 g/mol. The Bertz CT molecular complexity index is 532. The quantitative estimate of drug-likeness (QED) is 0.511. The minimum atomic E-state index is -0.852. The van der Waals surface area contributed by atoms with Gasteiger partial charge in [0.1, 0.15) is 11.5 Å². The monoisotopic (exact) mass is 283 g/mol.